The molecule has 0 amide bonds. The molecule has 2 aromatic carbocycles. The lowest BCUT2D eigenvalue weighted by molar-refractivity contribution is 0.601. The summed E-state index contributed by atoms with van der Waals surface area (Å²) < 4.78 is 27.3. The van der Waals surface area contributed by atoms with E-state index < -0.39 is 10.0 Å². The molecule has 0 saturated carbocycles. The van der Waals surface area contributed by atoms with Gasteiger partial charge < -0.3 is 0 Å². The van der Waals surface area contributed by atoms with Gasteiger partial charge in [-0.25, -0.2) is 8.42 Å². The standard InChI is InChI=1S/C14H10N4O2S/c15-8-10-3-1-5-12(7-10)21(19,20)18-13-6-2-4-11-9-16-17-14(11)13/h1-7,9,18H,(H,16,17). The molecule has 0 saturated heterocycles. The molecule has 0 aliphatic carbocycles. The number of aromatic amines is 1. The summed E-state index contributed by atoms with van der Waals surface area (Å²) in [5.41, 5.74) is 1.31. The molecule has 1 aromatic heterocycles. The highest BCUT2D eigenvalue weighted by atomic mass is 32.2. The van der Waals surface area contributed by atoms with Gasteiger partial charge in [-0.3, -0.25) is 9.82 Å². The van der Waals surface area contributed by atoms with Crippen LogP contribution in [0.3, 0.4) is 0 Å². The van der Waals surface area contributed by atoms with Crippen molar-refractivity contribution in [2.75, 3.05) is 4.72 Å². The van der Waals surface area contributed by atoms with Crippen molar-refractivity contribution in [3.05, 3.63) is 54.2 Å². The number of sulfonamides is 1. The van der Waals surface area contributed by atoms with Crippen LogP contribution < -0.4 is 4.72 Å². The van der Waals surface area contributed by atoms with Crippen molar-refractivity contribution in [1.29, 1.82) is 5.26 Å². The summed E-state index contributed by atoms with van der Waals surface area (Å²) in [6.45, 7) is 0. The Balaban J connectivity index is 2.03. The van der Waals surface area contributed by atoms with Crippen LogP contribution in [0.4, 0.5) is 5.69 Å². The van der Waals surface area contributed by atoms with Gasteiger partial charge in [-0.2, -0.15) is 10.4 Å². The Hall–Kier alpha value is -2.85. The van der Waals surface area contributed by atoms with Gasteiger partial charge in [0.25, 0.3) is 10.0 Å². The van der Waals surface area contributed by atoms with Crippen molar-refractivity contribution >= 4 is 26.6 Å². The number of aromatic nitrogens is 2. The quantitative estimate of drug-likeness (QED) is 0.774. The van der Waals surface area contributed by atoms with Crippen LogP contribution >= 0.6 is 0 Å². The van der Waals surface area contributed by atoms with Gasteiger partial charge in [0.2, 0.25) is 0 Å². The van der Waals surface area contributed by atoms with Crippen LogP contribution in [0.1, 0.15) is 5.56 Å². The third-order valence-electron chi connectivity index (χ3n) is 2.99. The molecule has 0 aliphatic heterocycles. The summed E-state index contributed by atoms with van der Waals surface area (Å²) in [7, 11) is -3.76. The zero-order chi connectivity index (χ0) is 14.9. The van der Waals surface area contributed by atoms with E-state index in [-0.39, 0.29) is 10.5 Å². The topological polar surface area (TPSA) is 98.6 Å². The Labute approximate surface area is 121 Å². The fraction of sp³-hybridized carbons (Fsp3) is 0. The molecule has 0 unspecified atom stereocenters. The molecule has 0 aliphatic rings. The summed E-state index contributed by atoms with van der Waals surface area (Å²) >= 11 is 0. The number of H-pyrrole nitrogens is 1. The highest BCUT2D eigenvalue weighted by Crippen LogP contribution is 2.23. The summed E-state index contributed by atoms with van der Waals surface area (Å²) in [5.74, 6) is 0. The zero-order valence-corrected chi connectivity index (χ0v) is 11.6. The maximum absolute atomic E-state index is 12.4. The first-order valence-electron chi connectivity index (χ1n) is 6.05. The largest absolute Gasteiger partial charge is 0.277 e. The molecular weight excluding hydrogens is 288 g/mol. The molecular formula is C14H10N4O2S. The molecule has 1 heterocycles. The van der Waals surface area contributed by atoms with E-state index in [9.17, 15) is 8.42 Å². The van der Waals surface area contributed by atoms with Gasteiger partial charge in [0.15, 0.2) is 0 Å². The van der Waals surface area contributed by atoms with Crippen molar-refractivity contribution in [2.45, 2.75) is 4.90 Å². The number of nitriles is 1. The molecule has 0 fully saturated rings. The van der Waals surface area contributed by atoms with Gasteiger partial charge in [-0.15, -0.1) is 0 Å². The van der Waals surface area contributed by atoms with Crippen LogP contribution in [-0.4, -0.2) is 18.6 Å². The molecule has 0 radical (unpaired) electrons. The minimum Gasteiger partial charge on any atom is -0.277 e. The van der Waals surface area contributed by atoms with Crippen molar-refractivity contribution in [3.8, 4) is 6.07 Å². The number of nitrogens with zero attached hydrogens (tertiary/aromatic N) is 2. The van der Waals surface area contributed by atoms with E-state index in [1.54, 1.807) is 24.4 Å². The predicted molar refractivity (Wildman–Crippen MR) is 78.1 cm³/mol. The molecule has 0 spiro atoms. The Bertz CT molecular complexity index is 954. The van der Waals surface area contributed by atoms with Crippen molar-refractivity contribution in [3.63, 3.8) is 0 Å². The molecule has 3 aromatic rings. The number of fused-ring (bicyclic) bond motifs is 1. The zero-order valence-electron chi connectivity index (χ0n) is 10.7. The fourth-order valence-electron chi connectivity index (χ4n) is 1.99. The number of benzene rings is 2. The smallest absolute Gasteiger partial charge is 0.262 e. The van der Waals surface area contributed by atoms with E-state index in [0.29, 0.717) is 11.2 Å². The Morgan fingerprint density at radius 3 is 2.81 bits per heavy atom. The molecule has 6 nitrogen and oxygen atoms in total. The summed E-state index contributed by atoms with van der Waals surface area (Å²) in [6.07, 6.45) is 1.61. The molecule has 0 atom stereocenters. The minimum atomic E-state index is -3.76. The minimum absolute atomic E-state index is 0.0399. The van der Waals surface area contributed by atoms with Crippen molar-refractivity contribution in [1.82, 2.24) is 10.2 Å². The van der Waals surface area contributed by atoms with Gasteiger partial charge in [0.05, 0.1) is 33.9 Å². The highest BCUT2D eigenvalue weighted by Gasteiger charge is 2.16. The molecule has 104 valence electrons. The van der Waals surface area contributed by atoms with Gasteiger partial charge in [0.1, 0.15) is 0 Å². The lowest BCUT2D eigenvalue weighted by Gasteiger charge is -2.09. The second-order valence-electron chi connectivity index (χ2n) is 4.38. The van der Waals surface area contributed by atoms with E-state index in [4.69, 9.17) is 5.26 Å². The van der Waals surface area contributed by atoms with E-state index in [1.165, 1.54) is 18.2 Å². The Kier molecular flexibility index (Phi) is 3.08. The number of rotatable bonds is 3. The predicted octanol–water partition coefficient (Wildman–Crippen LogP) is 2.24. The highest BCUT2D eigenvalue weighted by molar-refractivity contribution is 7.92. The van der Waals surface area contributed by atoms with Crippen LogP contribution in [0.25, 0.3) is 10.9 Å². The Morgan fingerprint density at radius 1 is 1.19 bits per heavy atom. The number of hydrogen-bond donors (Lipinski definition) is 2. The number of nitrogens with one attached hydrogen (secondary N) is 2. The summed E-state index contributed by atoms with van der Waals surface area (Å²) in [4.78, 5) is 0.0399. The van der Waals surface area contributed by atoms with E-state index >= 15 is 0 Å². The van der Waals surface area contributed by atoms with Crippen LogP contribution in [0, 0.1) is 11.3 Å². The van der Waals surface area contributed by atoms with E-state index in [0.717, 1.165) is 5.39 Å². The van der Waals surface area contributed by atoms with Crippen molar-refractivity contribution in [2.24, 2.45) is 0 Å². The molecule has 2 N–H and O–H groups in total. The molecule has 7 heteroatoms. The van der Waals surface area contributed by atoms with Crippen LogP contribution in [0.2, 0.25) is 0 Å². The second-order valence-corrected chi connectivity index (χ2v) is 6.07. The van der Waals surface area contributed by atoms with Crippen LogP contribution in [-0.2, 0) is 10.0 Å². The van der Waals surface area contributed by atoms with Crippen molar-refractivity contribution < 1.29 is 8.42 Å². The van der Waals surface area contributed by atoms with Gasteiger partial charge in [0, 0.05) is 5.39 Å². The normalized spacial score (nSPS) is 11.2. The average Bonchev–Trinajstić information content (AvgIpc) is 2.97. The Morgan fingerprint density at radius 2 is 2.00 bits per heavy atom. The van der Waals surface area contributed by atoms with E-state index in [1.807, 2.05) is 12.1 Å². The monoisotopic (exact) mass is 298 g/mol. The van der Waals surface area contributed by atoms with E-state index in [2.05, 4.69) is 14.9 Å². The number of para-hydroxylation sites is 1. The van der Waals surface area contributed by atoms with Gasteiger partial charge in [-0.1, -0.05) is 18.2 Å². The first-order valence-corrected chi connectivity index (χ1v) is 7.53. The molecule has 0 bridgehead atoms. The molecule has 3 rings (SSSR count). The second kappa shape index (κ2) is 4.92. The lowest BCUT2D eigenvalue weighted by atomic mass is 10.2. The summed E-state index contributed by atoms with van der Waals surface area (Å²) in [5, 5.41) is 16.3. The SMILES string of the molecule is N#Cc1cccc(S(=O)(=O)Nc2cccc3cn[nH]c23)c1. The average molecular weight is 298 g/mol. The first-order chi connectivity index (χ1) is 10.1. The van der Waals surface area contributed by atoms with Crippen LogP contribution in [0.15, 0.2) is 53.6 Å². The maximum Gasteiger partial charge on any atom is 0.262 e. The maximum atomic E-state index is 12.4. The third-order valence-corrected chi connectivity index (χ3v) is 4.36. The number of hydrogen-bond acceptors (Lipinski definition) is 4. The fourth-order valence-corrected chi connectivity index (χ4v) is 3.11. The lowest BCUT2D eigenvalue weighted by Crippen LogP contribution is -2.13. The van der Waals surface area contributed by atoms with Gasteiger partial charge >= 0.3 is 0 Å². The van der Waals surface area contributed by atoms with Crippen LogP contribution in [0.5, 0.6) is 0 Å². The molecule has 21 heavy (non-hydrogen) atoms. The first kappa shape index (κ1) is 13.1. The van der Waals surface area contributed by atoms with Gasteiger partial charge in [-0.05, 0) is 24.3 Å². The summed E-state index contributed by atoms with van der Waals surface area (Å²) in [6, 6.07) is 13.0. The third kappa shape index (κ3) is 2.44. The number of anilines is 1.